The summed E-state index contributed by atoms with van der Waals surface area (Å²) in [6.07, 6.45) is 0. The average Bonchev–Trinajstić information content (AvgIpc) is 2.79. The number of hydrogen-bond donors (Lipinski definition) is 2. The minimum absolute atomic E-state index is 0.0526. The number of nitro groups is 1. The van der Waals surface area contributed by atoms with E-state index in [9.17, 15) is 23.3 Å². The van der Waals surface area contributed by atoms with E-state index in [-0.39, 0.29) is 39.7 Å². The number of methoxy groups -OCH3 is 1. The number of hydrogen-bond acceptors (Lipinski definition) is 6. The van der Waals surface area contributed by atoms with Gasteiger partial charge in [0, 0.05) is 18.2 Å². The molecule has 10 heteroatoms. The molecule has 0 aromatic heterocycles. The highest BCUT2D eigenvalue weighted by Gasteiger charge is 2.22. The van der Waals surface area contributed by atoms with Gasteiger partial charge < -0.3 is 10.1 Å². The Hall–Kier alpha value is -3.76. The first kappa shape index (κ1) is 22.9. The number of sulfonamides is 1. The van der Waals surface area contributed by atoms with Gasteiger partial charge >= 0.3 is 0 Å². The maximum Gasteiger partial charge on any atom is 0.274 e. The molecule has 9 nitrogen and oxygen atoms in total. The van der Waals surface area contributed by atoms with Gasteiger partial charge in [0.15, 0.2) is 0 Å². The summed E-state index contributed by atoms with van der Waals surface area (Å²) in [7, 11) is -2.67. The zero-order valence-electron chi connectivity index (χ0n) is 17.4. The molecule has 3 aromatic rings. The highest BCUT2D eigenvalue weighted by atomic mass is 32.2. The number of nitrogens with zero attached hydrogens (tertiary/aromatic N) is 1. The van der Waals surface area contributed by atoms with Crippen LogP contribution in [0.2, 0.25) is 0 Å². The van der Waals surface area contributed by atoms with Crippen molar-refractivity contribution in [2.75, 3.05) is 12.4 Å². The molecule has 0 aliphatic rings. The van der Waals surface area contributed by atoms with Crippen LogP contribution in [0, 0.1) is 17.0 Å². The fourth-order valence-electron chi connectivity index (χ4n) is 3.03. The number of carbonyl (C=O) groups is 1. The lowest BCUT2D eigenvalue weighted by Crippen LogP contribution is -2.24. The van der Waals surface area contributed by atoms with Gasteiger partial charge in [-0.05, 0) is 36.8 Å². The van der Waals surface area contributed by atoms with Crippen molar-refractivity contribution in [1.82, 2.24) is 4.72 Å². The van der Waals surface area contributed by atoms with Crippen molar-refractivity contribution in [2.45, 2.75) is 18.4 Å². The normalized spacial score (nSPS) is 11.1. The van der Waals surface area contributed by atoms with E-state index in [1.54, 1.807) is 24.3 Å². The molecule has 3 aromatic carbocycles. The van der Waals surface area contributed by atoms with Crippen LogP contribution in [0.25, 0.3) is 0 Å². The largest absolute Gasteiger partial charge is 0.495 e. The van der Waals surface area contributed by atoms with Crippen LogP contribution in [0.3, 0.4) is 0 Å². The average molecular weight is 455 g/mol. The maximum atomic E-state index is 12.9. The molecule has 3 rings (SSSR count). The Kier molecular flexibility index (Phi) is 6.86. The number of nitrogens with one attached hydrogen (secondary N) is 2. The lowest BCUT2D eigenvalue weighted by Gasteiger charge is -2.13. The van der Waals surface area contributed by atoms with Crippen LogP contribution in [-0.4, -0.2) is 26.4 Å². The van der Waals surface area contributed by atoms with Gasteiger partial charge in [-0.1, -0.05) is 36.4 Å². The van der Waals surface area contributed by atoms with Gasteiger partial charge in [0.25, 0.3) is 11.6 Å². The van der Waals surface area contributed by atoms with Gasteiger partial charge in [0.2, 0.25) is 10.0 Å². The Morgan fingerprint density at radius 3 is 2.44 bits per heavy atom. The minimum Gasteiger partial charge on any atom is -0.495 e. The monoisotopic (exact) mass is 455 g/mol. The highest BCUT2D eigenvalue weighted by molar-refractivity contribution is 7.89. The van der Waals surface area contributed by atoms with Crippen LogP contribution in [-0.2, 0) is 16.6 Å². The van der Waals surface area contributed by atoms with E-state index < -0.39 is 20.9 Å². The Morgan fingerprint density at radius 1 is 1.06 bits per heavy atom. The summed E-state index contributed by atoms with van der Waals surface area (Å²) in [4.78, 5) is 23.2. The second kappa shape index (κ2) is 9.58. The molecule has 0 spiro atoms. The number of amides is 1. The molecule has 0 aliphatic carbocycles. The van der Waals surface area contributed by atoms with Crippen molar-refractivity contribution in [1.29, 1.82) is 0 Å². The zero-order valence-corrected chi connectivity index (χ0v) is 18.2. The summed E-state index contributed by atoms with van der Waals surface area (Å²) in [6, 6.07) is 17.3. The van der Waals surface area contributed by atoms with Crippen LogP contribution >= 0.6 is 0 Å². The van der Waals surface area contributed by atoms with Crippen molar-refractivity contribution in [3.63, 3.8) is 0 Å². The van der Waals surface area contributed by atoms with E-state index in [4.69, 9.17) is 4.74 Å². The van der Waals surface area contributed by atoms with Crippen LogP contribution < -0.4 is 14.8 Å². The van der Waals surface area contributed by atoms with Crippen molar-refractivity contribution >= 4 is 27.3 Å². The Bertz CT molecular complexity index is 1260. The fourth-order valence-corrected chi connectivity index (χ4v) is 4.24. The van der Waals surface area contributed by atoms with E-state index >= 15 is 0 Å². The number of anilines is 1. The molecule has 1 amide bonds. The van der Waals surface area contributed by atoms with Crippen LogP contribution in [0.5, 0.6) is 5.75 Å². The highest BCUT2D eigenvalue weighted by Crippen LogP contribution is 2.28. The third-order valence-electron chi connectivity index (χ3n) is 4.77. The summed E-state index contributed by atoms with van der Waals surface area (Å²) in [5.41, 5.74) is 1.23. The topological polar surface area (TPSA) is 128 Å². The fraction of sp³-hybridized carbons (Fsp3) is 0.136. The molecule has 0 heterocycles. The lowest BCUT2D eigenvalue weighted by molar-refractivity contribution is -0.385. The number of carbonyl (C=O) groups excluding carboxylic acids is 1. The predicted molar refractivity (Wildman–Crippen MR) is 119 cm³/mol. The van der Waals surface area contributed by atoms with E-state index in [1.165, 1.54) is 50.4 Å². The Morgan fingerprint density at radius 2 is 1.78 bits per heavy atom. The molecule has 0 fully saturated rings. The zero-order chi connectivity index (χ0) is 23.3. The molecule has 166 valence electrons. The van der Waals surface area contributed by atoms with Gasteiger partial charge in [-0.3, -0.25) is 14.9 Å². The smallest absolute Gasteiger partial charge is 0.274 e. The maximum absolute atomic E-state index is 12.9. The molecule has 0 saturated heterocycles. The number of nitro benzene ring substituents is 1. The Labute approximate surface area is 185 Å². The number of rotatable bonds is 8. The molecule has 0 atom stereocenters. The number of ether oxygens (including phenoxy) is 1. The molecule has 0 radical (unpaired) electrons. The summed E-state index contributed by atoms with van der Waals surface area (Å²) in [5.74, 6) is -0.538. The summed E-state index contributed by atoms with van der Waals surface area (Å²) in [6.45, 7) is 1.58. The van der Waals surface area contributed by atoms with E-state index in [0.29, 0.717) is 0 Å². The van der Waals surface area contributed by atoms with Gasteiger partial charge in [0.05, 0.1) is 23.3 Å². The molecular weight excluding hydrogens is 434 g/mol. The predicted octanol–water partition coefficient (Wildman–Crippen LogP) is 3.64. The first-order chi connectivity index (χ1) is 15.2. The number of benzene rings is 3. The molecule has 0 unspecified atom stereocenters. The van der Waals surface area contributed by atoms with Crippen molar-refractivity contribution in [3.8, 4) is 5.75 Å². The second-order valence-electron chi connectivity index (χ2n) is 6.84. The third kappa shape index (κ3) is 5.10. The van der Waals surface area contributed by atoms with Crippen molar-refractivity contribution in [2.24, 2.45) is 0 Å². The summed E-state index contributed by atoms with van der Waals surface area (Å²) in [5, 5.41) is 13.7. The minimum atomic E-state index is -4.00. The van der Waals surface area contributed by atoms with E-state index in [0.717, 1.165) is 5.56 Å². The first-order valence-corrected chi connectivity index (χ1v) is 11.0. The molecule has 0 bridgehead atoms. The van der Waals surface area contributed by atoms with Gasteiger partial charge in [-0.25, -0.2) is 13.1 Å². The summed E-state index contributed by atoms with van der Waals surface area (Å²) >= 11 is 0. The van der Waals surface area contributed by atoms with Crippen molar-refractivity contribution < 1.29 is 22.9 Å². The van der Waals surface area contributed by atoms with E-state index in [1.807, 2.05) is 6.07 Å². The molecule has 0 saturated carbocycles. The second-order valence-corrected chi connectivity index (χ2v) is 8.57. The van der Waals surface area contributed by atoms with Crippen LogP contribution in [0.4, 0.5) is 11.4 Å². The van der Waals surface area contributed by atoms with Crippen molar-refractivity contribution in [3.05, 3.63) is 93.5 Å². The van der Waals surface area contributed by atoms with Gasteiger partial charge in [-0.2, -0.15) is 0 Å². The third-order valence-corrected chi connectivity index (χ3v) is 6.20. The summed E-state index contributed by atoms with van der Waals surface area (Å²) < 4.78 is 33.5. The Balaban J connectivity index is 1.88. The SMILES string of the molecule is COc1ccc(C(=O)Nc2cccc([N+](=O)[O-])c2C)cc1S(=O)(=O)NCc1ccccc1. The standard InChI is InChI=1S/C22H21N3O6S/c1-15-18(9-6-10-19(15)25(27)28)24-22(26)17-11-12-20(31-2)21(13-17)32(29,30)23-14-16-7-4-3-5-8-16/h3-13,23H,14H2,1-2H3,(H,24,26). The molecule has 2 N–H and O–H groups in total. The molecule has 32 heavy (non-hydrogen) atoms. The quantitative estimate of drug-likeness (QED) is 0.394. The molecule has 0 aliphatic heterocycles. The lowest BCUT2D eigenvalue weighted by atomic mass is 10.1. The van der Waals surface area contributed by atoms with Gasteiger partial charge in [0.1, 0.15) is 10.6 Å². The van der Waals surface area contributed by atoms with E-state index in [2.05, 4.69) is 10.0 Å². The van der Waals surface area contributed by atoms with Gasteiger partial charge in [-0.15, -0.1) is 0 Å². The molecular formula is C22H21N3O6S. The first-order valence-electron chi connectivity index (χ1n) is 9.50. The van der Waals surface area contributed by atoms with Crippen LogP contribution in [0.15, 0.2) is 71.6 Å². The van der Waals surface area contributed by atoms with Crippen LogP contribution in [0.1, 0.15) is 21.5 Å².